The van der Waals surface area contributed by atoms with Crippen LogP contribution in [-0.4, -0.2) is 102 Å². The Hall–Kier alpha value is -4.57. The number of rotatable bonds is 15. The number of phenolic OH excluding ortho intramolecular Hbond substituents is 1. The first kappa shape index (κ1) is 37.9. The molecule has 1 saturated heterocycles. The number of ether oxygens (including phenoxy) is 3. The summed E-state index contributed by atoms with van der Waals surface area (Å²) in [5.41, 5.74) is 5.79. The van der Waals surface area contributed by atoms with Gasteiger partial charge in [0.2, 0.25) is 11.8 Å². The van der Waals surface area contributed by atoms with Gasteiger partial charge in [0.1, 0.15) is 55.0 Å². The van der Waals surface area contributed by atoms with Crippen molar-refractivity contribution in [3.63, 3.8) is 0 Å². The molecule has 48 heavy (non-hydrogen) atoms. The summed E-state index contributed by atoms with van der Waals surface area (Å²) in [6.07, 6.45) is 5.04. The third-order valence-electron chi connectivity index (χ3n) is 7.34. The number of allylic oxidation sites excluding steroid dienone is 1. The number of epoxide rings is 1. The normalized spacial score (nSPS) is 24.4. The number of hydrogen-bond acceptors (Lipinski definition) is 13. The van der Waals surface area contributed by atoms with Gasteiger partial charge in [-0.25, -0.2) is 9.59 Å². The number of cyclic esters (lactones) is 1. The number of amides is 2. The standard InChI is InChI=1S/C33H44N4O11/c1-20(38)18-28(42)37-23(10-3-4-15-34)32(43)47-26-19-22(9-6-16-35-27(41)12-7-17-36-45-2)46-33(44)29-21(8-5-11-24(29)39)13-14-25(40)30-31(26)48-30/h5-8,11-14,16-17,20,22-23,25-26,30-31,38-40H,3-4,9-10,15,18-19,34H2,1-2H3,(H,35,41)(H,37,42)/b12-7-,14-13+,16-6+,36-17+/t20-,22+,23+,25+,26-,30+,31-/m1/s1. The van der Waals surface area contributed by atoms with Gasteiger partial charge in [-0.15, -0.1) is 0 Å². The number of aromatic hydroxyl groups is 1. The number of esters is 2. The van der Waals surface area contributed by atoms with Gasteiger partial charge < -0.3 is 50.7 Å². The van der Waals surface area contributed by atoms with E-state index in [1.165, 1.54) is 62.9 Å². The summed E-state index contributed by atoms with van der Waals surface area (Å²) in [4.78, 5) is 56.0. The molecule has 0 spiro atoms. The molecule has 0 unspecified atom stereocenters. The summed E-state index contributed by atoms with van der Waals surface area (Å²) < 4.78 is 17.5. The lowest BCUT2D eigenvalue weighted by Gasteiger charge is -2.26. The molecular weight excluding hydrogens is 628 g/mol. The van der Waals surface area contributed by atoms with E-state index in [0.29, 0.717) is 24.9 Å². The van der Waals surface area contributed by atoms with E-state index >= 15 is 0 Å². The van der Waals surface area contributed by atoms with Crippen molar-refractivity contribution in [3.8, 4) is 5.75 Å². The lowest BCUT2D eigenvalue weighted by Crippen LogP contribution is -2.45. The van der Waals surface area contributed by atoms with Crippen LogP contribution in [0.15, 0.2) is 53.9 Å². The molecule has 7 N–H and O–H groups in total. The summed E-state index contributed by atoms with van der Waals surface area (Å²) in [6, 6.07) is 3.38. The predicted octanol–water partition coefficient (Wildman–Crippen LogP) is 0.968. The van der Waals surface area contributed by atoms with Crippen LogP contribution < -0.4 is 16.4 Å². The van der Waals surface area contributed by atoms with Gasteiger partial charge in [-0.3, -0.25) is 9.59 Å². The molecule has 262 valence electrons. The van der Waals surface area contributed by atoms with Crippen molar-refractivity contribution in [1.29, 1.82) is 0 Å². The topological polar surface area (TPSA) is 232 Å². The maximum atomic E-state index is 13.5. The number of hydrogen-bond donors (Lipinski definition) is 6. The molecule has 0 bridgehead atoms. The minimum absolute atomic E-state index is 0.0404. The molecule has 0 aliphatic carbocycles. The maximum absolute atomic E-state index is 13.5. The van der Waals surface area contributed by atoms with Crippen LogP contribution in [0.3, 0.4) is 0 Å². The Kier molecular flexibility index (Phi) is 15.2. The Labute approximate surface area is 278 Å². The van der Waals surface area contributed by atoms with Gasteiger partial charge in [0.25, 0.3) is 0 Å². The molecule has 2 aliphatic rings. The smallest absolute Gasteiger partial charge is 0.342 e. The van der Waals surface area contributed by atoms with Crippen molar-refractivity contribution < 1.29 is 53.5 Å². The van der Waals surface area contributed by atoms with Gasteiger partial charge in [0.15, 0.2) is 0 Å². The highest BCUT2D eigenvalue weighted by molar-refractivity contribution is 5.96. The Bertz CT molecular complexity index is 1380. The van der Waals surface area contributed by atoms with Crippen molar-refractivity contribution in [2.75, 3.05) is 13.7 Å². The first-order valence-corrected chi connectivity index (χ1v) is 15.6. The second kappa shape index (κ2) is 19.3. The summed E-state index contributed by atoms with van der Waals surface area (Å²) in [5.74, 6) is -2.99. The van der Waals surface area contributed by atoms with Gasteiger partial charge in [-0.2, -0.15) is 0 Å². The first-order chi connectivity index (χ1) is 23.0. The molecular formula is C33H44N4O11. The van der Waals surface area contributed by atoms with Crippen LogP contribution in [0.25, 0.3) is 6.08 Å². The number of unbranched alkanes of at least 4 members (excludes halogenated alkanes) is 1. The van der Waals surface area contributed by atoms with Crippen LogP contribution >= 0.6 is 0 Å². The molecule has 3 rings (SSSR count). The van der Waals surface area contributed by atoms with Crippen molar-refractivity contribution in [3.05, 3.63) is 59.8 Å². The molecule has 15 heteroatoms. The average Bonchev–Trinajstić information content (AvgIpc) is 3.83. The van der Waals surface area contributed by atoms with E-state index in [1.54, 1.807) is 12.1 Å². The van der Waals surface area contributed by atoms with Crippen molar-refractivity contribution in [1.82, 2.24) is 10.6 Å². The monoisotopic (exact) mass is 672 g/mol. The highest BCUT2D eigenvalue weighted by atomic mass is 16.6. The van der Waals surface area contributed by atoms with Crippen molar-refractivity contribution >= 4 is 36.0 Å². The van der Waals surface area contributed by atoms with Crippen molar-refractivity contribution in [2.45, 2.75) is 88.1 Å². The second-order valence-electron chi connectivity index (χ2n) is 11.3. The van der Waals surface area contributed by atoms with E-state index in [-0.39, 0.29) is 37.0 Å². The van der Waals surface area contributed by atoms with Crippen LogP contribution in [0.2, 0.25) is 0 Å². The molecule has 0 radical (unpaired) electrons. The summed E-state index contributed by atoms with van der Waals surface area (Å²) in [7, 11) is 1.36. The number of aliphatic hydroxyl groups is 2. The highest BCUT2D eigenvalue weighted by Crippen LogP contribution is 2.35. The number of nitrogens with zero attached hydrogens (tertiary/aromatic N) is 1. The minimum atomic E-state index is -1.15. The van der Waals surface area contributed by atoms with Gasteiger partial charge >= 0.3 is 11.9 Å². The summed E-state index contributed by atoms with van der Waals surface area (Å²) in [6.45, 7) is 1.83. The van der Waals surface area contributed by atoms with Crippen molar-refractivity contribution in [2.24, 2.45) is 10.9 Å². The first-order valence-electron chi connectivity index (χ1n) is 15.6. The highest BCUT2D eigenvalue weighted by Gasteiger charge is 2.51. The van der Waals surface area contributed by atoms with Gasteiger partial charge in [0.05, 0.1) is 18.7 Å². The summed E-state index contributed by atoms with van der Waals surface area (Å²) in [5, 5.41) is 39.7. The molecule has 1 fully saturated rings. The molecule has 0 saturated carbocycles. The zero-order valence-corrected chi connectivity index (χ0v) is 26.9. The zero-order chi connectivity index (χ0) is 35.1. The number of oxime groups is 1. The Balaban J connectivity index is 1.87. The quantitative estimate of drug-likeness (QED) is 0.0382. The third kappa shape index (κ3) is 12.2. The summed E-state index contributed by atoms with van der Waals surface area (Å²) >= 11 is 0. The average molecular weight is 673 g/mol. The largest absolute Gasteiger partial charge is 0.507 e. The molecule has 0 aromatic heterocycles. The maximum Gasteiger partial charge on any atom is 0.342 e. The van der Waals surface area contributed by atoms with E-state index in [0.717, 1.165) is 0 Å². The zero-order valence-electron chi connectivity index (χ0n) is 26.9. The van der Waals surface area contributed by atoms with E-state index in [4.69, 9.17) is 19.9 Å². The molecule has 2 heterocycles. The van der Waals surface area contributed by atoms with E-state index in [1.807, 2.05) is 0 Å². The molecule has 1 aromatic rings. The van der Waals surface area contributed by atoms with Crippen LogP contribution in [0, 0.1) is 0 Å². The minimum Gasteiger partial charge on any atom is -0.507 e. The predicted molar refractivity (Wildman–Crippen MR) is 173 cm³/mol. The van der Waals surface area contributed by atoms with Gasteiger partial charge in [-0.05, 0) is 50.4 Å². The SMILES string of the molecule is CO/N=C/C=C\C(=O)N/C=C/C[C@H]1C[C@@H](OC(=O)[C@H](CCCCN)NC(=O)C[C@@H](C)O)[C@H]2O[C@H]2[C@@H](O)/C=C/c2cccc(O)c2C(=O)O1. The Morgan fingerprint density at radius 1 is 1.23 bits per heavy atom. The van der Waals surface area contributed by atoms with Gasteiger partial charge in [0, 0.05) is 25.1 Å². The lowest BCUT2D eigenvalue weighted by atomic mass is 9.99. The molecule has 2 amide bonds. The fourth-order valence-electron chi connectivity index (χ4n) is 4.98. The van der Waals surface area contributed by atoms with E-state index in [9.17, 15) is 34.5 Å². The second-order valence-corrected chi connectivity index (χ2v) is 11.3. The number of fused-ring (bicyclic) bond motifs is 2. The van der Waals surface area contributed by atoms with Crippen LogP contribution in [0.5, 0.6) is 5.75 Å². The molecule has 2 aliphatic heterocycles. The fourth-order valence-corrected chi connectivity index (χ4v) is 4.98. The van der Waals surface area contributed by atoms with Crippen LogP contribution in [0.1, 0.15) is 61.4 Å². The molecule has 7 atom stereocenters. The molecule has 15 nitrogen and oxygen atoms in total. The van der Waals surface area contributed by atoms with E-state index < -0.39 is 66.4 Å². The molecule has 1 aromatic carbocycles. The lowest BCUT2D eigenvalue weighted by molar-refractivity contribution is -0.156. The van der Waals surface area contributed by atoms with Crippen LogP contribution in [0.4, 0.5) is 0 Å². The number of phenols is 1. The van der Waals surface area contributed by atoms with Gasteiger partial charge in [-0.1, -0.05) is 35.5 Å². The Morgan fingerprint density at radius 3 is 2.75 bits per heavy atom. The number of carbonyl (C=O) groups is 4. The third-order valence-corrected chi connectivity index (χ3v) is 7.34. The number of carbonyl (C=O) groups excluding carboxylic acids is 4. The van der Waals surface area contributed by atoms with Crippen LogP contribution in [-0.2, 0) is 33.4 Å². The number of nitrogens with one attached hydrogen (secondary N) is 2. The number of benzene rings is 1. The number of aliphatic hydroxyl groups excluding tert-OH is 2. The Morgan fingerprint density at radius 2 is 2.02 bits per heavy atom. The number of nitrogens with two attached hydrogens (primary N) is 1. The van der Waals surface area contributed by atoms with E-state index in [2.05, 4.69) is 20.6 Å². The fraction of sp³-hybridized carbons (Fsp3) is 0.485.